The van der Waals surface area contributed by atoms with E-state index in [0.29, 0.717) is 0 Å². The zero-order valence-corrected chi connectivity index (χ0v) is 6.96. The predicted octanol–water partition coefficient (Wildman–Crippen LogP) is 2.26. The summed E-state index contributed by atoms with van der Waals surface area (Å²) in [5, 5.41) is 8.46. The summed E-state index contributed by atoms with van der Waals surface area (Å²) in [5.74, 6) is -0.389. The first-order valence-corrected chi connectivity index (χ1v) is 3.71. The first-order valence-electron chi connectivity index (χ1n) is 3.71. The van der Waals surface area contributed by atoms with Crippen LogP contribution in [0.2, 0.25) is 0 Å². The van der Waals surface area contributed by atoms with E-state index in [1.165, 1.54) is 18.2 Å². The van der Waals surface area contributed by atoms with Crippen molar-refractivity contribution in [3.8, 4) is 11.8 Å². The van der Waals surface area contributed by atoms with Crippen LogP contribution in [0.25, 0.3) is 0 Å². The number of rotatable bonds is 3. The Balaban J connectivity index is 2.86. The maximum Gasteiger partial charge on any atom is 0.166 e. The van der Waals surface area contributed by atoms with Gasteiger partial charge in [-0.05, 0) is 18.2 Å². The molecule has 0 saturated heterocycles. The second-order valence-electron chi connectivity index (χ2n) is 2.36. The molecule has 0 unspecified atom stereocenters. The minimum Gasteiger partial charge on any atom is -0.486 e. The Labute approximate surface area is 75.9 Å². The molecule has 3 heteroatoms. The van der Waals surface area contributed by atoms with Crippen molar-refractivity contribution in [3.63, 3.8) is 0 Å². The van der Waals surface area contributed by atoms with E-state index in [9.17, 15) is 4.39 Å². The van der Waals surface area contributed by atoms with Gasteiger partial charge >= 0.3 is 0 Å². The Morgan fingerprint density at radius 1 is 1.62 bits per heavy atom. The van der Waals surface area contributed by atoms with Crippen molar-refractivity contribution in [3.05, 3.63) is 42.2 Å². The van der Waals surface area contributed by atoms with E-state index in [-0.39, 0.29) is 17.9 Å². The van der Waals surface area contributed by atoms with Gasteiger partial charge in [0.25, 0.3) is 0 Å². The minimum absolute atomic E-state index is 0.138. The Morgan fingerprint density at radius 3 is 2.92 bits per heavy atom. The van der Waals surface area contributed by atoms with Gasteiger partial charge in [0.05, 0.1) is 11.6 Å². The maximum atomic E-state index is 13.1. The lowest BCUT2D eigenvalue weighted by Gasteiger charge is -2.03. The molecule has 1 aromatic carbocycles. The van der Waals surface area contributed by atoms with Crippen molar-refractivity contribution in [2.24, 2.45) is 0 Å². The average molecular weight is 177 g/mol. The highest BCUT2D eigenvalue weighted by molar-refractivity contribution is 5.36. The smallest absolute Gasteiger partial charge is 0.166 e. The topological polar surface area (TPSA) is 33.0 Å². The molecular weight excluding hydrogens is 169 g/mol. The van der Waals surface area contributed by atoms with Crippen molar-refractivity contribution in [1.82, 2.24) is 0 Å². The average Bonchev–Trinajstić information content (AvgIpc) is 2.16. The van der Waals surface area contributed by atoms with Crippen LogP contribution in [0.1, 0.15) is 5.56 Å². The monoisotopic (exact) mass is 177 g/mol. The molecule has 0 heterocycles. The molecule has 0 saturated carbocycles. The molecule has 0 atom stereocenters. The molecule has 0 spiro atoms. The van der Waals surface area contributed by atoms with Crippen LogP contribution in [0.4, 0.5) is 4.39 Å². The van der Waals surface area contributed by atoms with Gasteiger partial charge in [0, 0.05) is 0 Å². The summed E-state index contributed by atoms with van der Waals surface area (Å²) in [6, 6.07) is 5.90. The molecule has 13 heavy (non-hydrogen) atoms. The summed E-state index contributed by atoms with van der Waals surface area (Å²) in [7, 11) is 0. The molecule has 0 N–H and O–H groups in total. The number of nitriles is 1. The van der Waals surface area contributed by atoms with Crippen molar-refractivity contribution in [2.75, 3.05) is 6.61 Å². The predicted molar refractivity (Wildman–Crippen MR) is 46.8 cm³/mol. The zero-order chi connectivity index (χ0) is 9.68. The van der Waals surface area contributed by atoms with Gasteiger partial charge in [-0.2, -0.15) is 5.26 Å². The van der Waals surface area contributed by atoms with Crippen molar-refractivity contribution >= 4 is 0 Å². The van der Waals surface area contributed by atoms with Gasteiger partial charge in [-0.1, -0.05) is 12.7 Å². The van der Waals surface area contributed by atoms with E-state index in [4.69, 9.17) is 10.00 Å². The van der Waals surface area contributed by atoms with Gasteiger partial charge in [0.2, 0.25) is 0 Å². The highest BCUT2D eigenvalue weighted by atomic mass is 19.1. The molecule has 66 valence electrons. The summed E-state index contributed by atoms with van der Waals surface area (Å²) in [6.45, 7) is 3.69. The number of halogens is 1. The van der Waals surface area contributed by atoms with E-state index in [0.717, 1.165) is 6.07 Å². The molecular formula is C10H8FNO. The van der Waals surface area contributed by atoms with Gasteiger partial charge in [-0.25, -0.2) is 4.39 Å². The number of hydrogen-bond acceptors (Lipinski definition) is 2. The number of ether oxygens (including phenoxy) is 1. The van der Waals surface area contributed by atoms with Crippen LogP contribution >= 0.6 is 0 Å². The van der Waals surface area contributed by atoms with E-state index < -0.39 is 5.82 Å². The van der Waals surface area contributed by atoms with Gasteiger partial charge in [0.15, 0.2) is 11.6 Å². The van der Waals surface area contributed by atoms with Crippen molar-refractivity contribution in [1.29, 1.82) is 5.26 Å². The number of hydrogen-bond donors (Lipinski definition) is 0. The second kappa shape index (κ2) is 4.27. The lowest BCUT2D eigenvalue weighted by molar-refractivity contribution is 0.342. The summed E-state index contributed by atoms with van der Waals surface area (Å²) >= 11 is 0. The Kier molecular flexibility index (Phi) is 3.04. The van der Waals surface area contributed by atoms with Gasteiger partial charge in [-0.15, -0.1) is 0 Å². The molecule has 1 rings (SSSR count). The standard InChI is InChI=1S/C10H8FNO/c1-2-5-13-10-4-3-8(7-12)6-9(10)11/h2-4,6H,1,5H2. The van der Waals surface area contributed by atoms with Crippen LogP contribution in [-0.2, 0) is 0 Å². The Bertz CT molecular complexity index is 354. The summed E-state index contributed by atoms with van der Waals surface area (Å²) in [5.41, 5.74) is 0.281. The molecule has 0 bridgehead atoms. The first-order chi connectivity index (χ1) is 6.27. The zero-order valence-electron chi connectivity index (χ0n) is 6.96. The van der Waals surface area contributed by atoms with Crippen LogP contribution in [0.15, 0.2) is 30.9 Å². The number of nitrogens with zero attached hydrogens (tertiary/aromatic N) is 1. The second-order valence-corrected chi connectivity index (χ2v) is 2.36. The fourth-order valence-corrected chi connectivity index (χ4v) is 0.836. The SMILES string of the molecule is C=CCOc1ccc(C#N)cc1F. The number of benzene rings is 1. The first kappa shape index (κ1) is 9.27. The van der Waals surface area contributed by atoms with Crippen molar-refractivity contribution in [2.45, 2.75) is 0 Å². The summed E-state index contributed by atoms with van der Waals surface area (Å²) < 4.78 is 18.0. The summed E-state index contributed by atoms with van der Waals surface area (Å²) in [4.78, 5) is 0. The van der Waals surface area contributed by atoms with Gasteiger partial charge < -0.3 is 4.74 Å². The molecule has 0 aliphatic carbocycles. The van der Waals surface area contributed by atoms with Crippen LogP contribution < -0.4 is 4.74 Å². The normalized spacial score (nSPS) is 8.92. The van der Waals surface area contributed by atoms with Crippen LogP contribution in [0, 0.1) is 17.1 Å². The largest absolute Gasteiger partial charge is 0.486 e. The molecule has 0 aliphatic heterocycles. The fraction of sp³-hybridized carbons (Fsp3) is 0.100. The van der Waals surface area contributed by atoms with Crippen LogP contribution in [0.3, 0.4) is 0 Å². The highest BCUT2D eigenvalue weighted by Crippen LogP contribution is 2.17. The van der Waals surface area contributed by atoms with Gasteiger partial charge in [0.1, 0.15) is 6.61 Å². The minimum atomic E-state index is -0.527. The maximum absolute atomic E-state index is 13.1. The molecule has 0 fully saturated rings. The van der Waals surface area contributed by atoms with Crippen molar-refractivity contribution < 1.29 is 9.13 Å². The molecule has 0 aliphatic rings. The molecule has 2 nitrogen and oxygen atoms in total. The quantitative estimate of drug-likeness (QED) is 0.663. The third-order valence-corrected chi connectivity index (χ3v) is 1.42. The van der Waals surface area contributed by atoms with E-state index in [1.54, 1.807) is 0 Å². The summed E-state index contributed by atoms with van der Waals surface area (Å²) in [6.07, 6.45) is 1.53. The lowest BCUT2D eigenvalue weighted by Crippen LogP contribution is -1.95. The Hall–Kier alpha value is -1.82. The third kappa shape index (κ3) is 2.31. The van der Waals surface area contributed by atoms with Crippen LogP contribution in [0.5, 0.6) is 5.75 Å². The van der Waals surface area contributed by atoms with Crippen LogP contribution in [-0.4, -0.2) is 6.61 Å². The van der Waals surface area contributed by atoms with E-state index in [1.807, 2.05) is 6.07 Å². The molecule has 0 amide bonds. The molecule has 0 aromatic heterocycles. The van der Waals surface area contributed by atoms with Gasteiger partial charge in [-0.3, -0.25) is 0 Å². The highest BCUT2D eigenvalue weighted by Gasteiger charge is 2.02. The third-order valence-electron chi connectivity index (χ3n) is 1.42. The van der Waals surface area contributed by atoms with E-state index >= 15 is 0 Å². The Morgan fingerprint density at radius 2 is 2.38 bits per heavy atom. The molecule has 1 aromatic rings. The lowest BCUT2D eigenvalue weighted by atomic mass is 10.2. The fourth-order valence-electron chi connectivity index (χ4n) is 0.836. The molecule has 0 radical (unpaired) electrons. The van der Waals surface area contributed by atoms with E-state index in [2.05, 4.69) is 6.58 Å².